The third kappa shape index (κ3) is 2.23. The van der Waals surface area contributed by atoms with Crippen LogP contribution in [0.5, 0.6) is 0 Å². The molecule has 19 heavy (non-hydrogen) atoms. The summed E-state index contributed by atoms with van der Waals surface area (Å²) < 4.78 is 5.50. The molecule has 0 aliphatic heterocycles. The van der Waals surface area contributed by atoms with Crippen LogP contribution in [-0.4, -0.2) is 19.3 Å². The van der Waals surface area contributed by atoms with Crippen LogP contribution in [0.15, 0.2) is 28.8 Å². The highest BCUT2D eigenvalue weighted by Gasteiger charge is 2.29. The van der Waals surface area contributed by atoms with Crippen molar-refractivity contribution in [2.75, 3.05) is 19.0 Å². The number of halogens is 1. The second-order valence-corrected chi connectivity index (χ2v) is 5.68. The molecule has 0 fully saturated rings. The summed E-state index contributed by atoms with van der Waals surface area (Å²) in [7, 11) is 3.98. The molecule has 0 radical (unpaired) electrons. The molecule has 0 amide bonds. The van der Waals surface area contributed by atoms with Gasteiger partial charge in [0, 0.05) is 30.6 Å². The Morgan fingerprint density at radius 2 is 2.21 bits per heavy atom. The Hall–Kier alpha value is -1.48. The van der Waals surface area contributed by atoms with Gasteiger partial charge in [0.05, 0.1) is 5.69 Å². The molecule has 1 aliphatic rings. The zero-order chi connectivity index (χ0) is 13.4. The van der Waals surface area contributed by atoms with Gasteiger partial charge in [-0.2, -0.15) is 0 Å². The first-order valence-electron chi connectivity index (χ1n) is 6.58. The van der Waals surface area contributed by atoms with Gasteiger partial charge < -0.3 is 9.42 Å². The monoisotopic (exact) mass is 276 g/mol. The third-order valence-electron chi connectivity index (χ3n) is 3.70. The summed E-state index contributed by atoms with van der Waals surface area (Å²) >= 11 is 6.09. The maximum Gasteiger partial charge on any atom is 0.230 e. The molecule has 1 aromatic heterocycles. The SMILES string of the molecule is CN(C)c1onc2c1CCCC2c1cccc(Cl)c1. The van der Waals surface area contributed by atoms with Gasteiger partial charge in [-0.05, 0) is 37.0 Å². The zero-order valence-electron chi connectivity index (χ0n) is 11.2. The van der Waals surface area contributed by atoms with E-state index in [4.69, 9.17) is 16.1 Å². The van der Waals surface area contributed by atoms with Crippen molar-refractivity contribution in [2.45, 2.75) is 25.2 Å². The normalized spacial score (nSPS) is 18.2. The average Bonchev–Trinajstić information content (AvgIpc) is 2.82. The maximum atomic E-state index is 6.09. The number of benzene rings is 1. The van der Waals surface area contributed by atoms with E-state index in [1.54, 1.807) is 0 Å². The minimum Gasteiger partial charge on any atom is -0.347 e. The van der Waals surface area contributed by atoms with E-state index in [9.17, 15) is 0 Å². The number of aromatic nitrogens is 1. The van der Waals surface area contributed by atoms with Gasteiger partial charge >= 0.3 is 0 Å². The van der Waals surface area contributed by atoms with Crippen LogP contribution < -0.4 is 4.90 Å². The molecule has 0 saturated heterocycles. The van der Waals surface area contributed by atoms with E-state index in [-0.39, 0.29) is 0 Å². The second-order valence-electron chi connectivity index (χ2n) is 5.25. The van der Waals surface area contributed by atoms with E-state index in [1.165, 1.54) is 11.1 Å². The number of rotatable bonds is 2. The molecule has 0 saturated carbocycles. The Kier molecular flexibility index (Phi) is 3.23. The first-order valence-corrected chi connectivity index (χ1v) is 6.96. The lowest BCUT2D eigenvalue weighted by molar-refractivity contribution is 0.411. The molecule has 1 aliphatic carbocycles. The van der Waals surface area contributed by atoms with Crippen molar-refractivity contribution in [1.29, 1.82) is 0 Å². The topological polar surface area (TPSA) is 29.3 Å². The Labute approximate surface area is 118 Å². The zero-order valence-corrected chi connectivity index (χ0v) is 11.9. The van der Waals surface area contributed by atoms with Crippen LogP contribution in [-0.2, 0) is 6.42 Å². The fourth-order valence-electron chi connectivity index (χ4n) is 2.84. The number of anilines is 1. The van der Waals surface area contributed by atoms with Gasteiger partial charge in [-0.1, -0.05) is 28.9 Å². The van der Waals surface area contributed by atoms with Crippen molar-refractivity contribution in [2.24, 2.45) is 0 Å². The van der Waals surface area contributed by atoms with Crippen molar-refractivity contribution in [3.8, 4) is 0 Å². The minimum absolute atomic E-state index is 0.305. The van der Waals surface area contributed by atoms with E-state index in [0.29, 0.717) is 5.92 Å². The molecule has 2 aromatic rings. The number of hydrogen-bond acceptors (Lipinski definition) is 3. The van der Waals surface area contributed by atoms with Crippen LogP contribution in [0, 0.1) is 0 Å². The minimum atomic E-state index is 0.305. The molecule has 3 rings (SSSR count). The van der Waals surface area contributed by atoms with Crippen LogP contribution in [0.25, 0.3) is 0 Å². The highest BCUT2D eigenvalue weighted by atomic mass is 35.5. The lowest BCUT2D eigenvalue weighted by Crippen LogP contribution is -2.14. The predicted molar refractivity (Wildman–Crippen MR) is 77.1 cm³/mol. The van der Waals surface area contributed by atoms with Gasteiger partial charge in [0.2, 0.25) is 5.88 Å². The van der Waals surface area contributed by atoms with Crippen molar-refractivity contribution < 1.29 is 4.52 Å². The van der Waals surface area contributed by atoms with Gasteiger partial charge in [-0.25, -0.2) is 0 Å². The molecule has 4 heteroatoms. The molecular formula is C15H17ClN2O. The van der Waals surface area contributed by atoms with Crippen LogP contribution >= 0.6 is 11.6 Å². The summed E-state index contributed by atoms with van der Waals surface area (Å²) in [6.07, 6.45) is 3.31. The van der Waals surface area contributed by atoms with Crippen molar-refractivity contribution >= 4 is 17.5 Å². The van der Waals surface area contributed by atoms with Gasteiger partial charge in [-0.15, -0.1) is 0 Å². The Bertz CT molecular complexity index is 592. The Balaban J connectivity index is 2.03. The van der Waals surface area contributed by atoms with Crippen molar-refractivity contribution in [1.82, 2.24) is 5.16 Å². The van der Waals surface area contributed by atoms with E-state index >= 15 is 0 Å². The van der Waals surface area contributed by atoms with E-state index in [0.717, 1.165) is 35.9 Å². The highest BCUT2D eigenvalue weighted by Crippen LogP contribution is 2.40. The van der Waals surface area contributed by atoms with Crippen LogP contribution in [0.3, 0.4) is 0 Å². The van der Waals surface area contributed by atoms with Gasteiger partial charge in [0.15, 0.2) is 0 Å². The largest absolute Gasteiger partial charge is 0.347 e. The molecule has 1 heterocycles. The quantitative estimate of drug-likeness (QED) is 0.834. The molecule has 0 bridgehead atoms. The van der Waals surface area contributed by atoms with E-state index in [1.807, 2.05) is 37.2 Å². The van der Waals surface area contributed by atoms with Crippen molar-refractivity contribution in [3.63, 3.8) is 0 Å². The summed E-state index contributed by atoms with van der Waals surface area (Å²) in [5.41, 5.74) is 3.56. The smallest absolute Gasteiger partial charge is 0.230 e. The lowest BCUT2D eigenvalue weighted by Gasteiger charge is -2.22. The van der Waals surface area contributed by atoms with Crippen LogP contribution in [0.4, 0.5) is 5.88 Å². The first kappa shape index (κ1) is 12.5. The fraction of sp³-hybridized carbons (Fsp3) is 0.400. The third-order valence-corrected chi connectivity index (χ3v) is 3.94. The summed E-state index contributed by atoms with van der Waals surface area (Å²) in [6.45, 7) is 0. The van der Waals surface area contributed by atoms with Gasteiger partial charge in [-0.3, -0.25) is 0 Å². The fourth-order valence-corrected chi connectivity index (χ4v) is 3.04. The first-order chi connectivity index (χ1) is 9.16. The standard InChI is InChI=1S/C15H17ClN2O/c1-18(2)15-13-8-4-7-12(14(13)17-19-15)10-5-3-6-11(16)9-10/h3,5-6,9,12H,4,7-8H2,1-2H3. The molecular weight excluding hydrogens is 260 g/mol. The molecule has 1 aromatic carbocycles. The molecule has 0 N–H and O–H groups in total. The summed E-state index contributed by atoms with van der Waals surface area (Å²) in [4.78, 5) is 1.99. The molecule has 100 valence electrons. The number of nitrogens with zero attached hydrogens (tertiary/aromatic N) is 2. The number of hydrogen-bond donors (Lipinski definition) is 0. The summed E-state index contributed by atoms with van der Waals surface area (Å²) in [6, 6.07) is 8.06. The summed E-state index contributed by atoms with van der Waals surface area (Å²) in [5, 5.41) is 5.08. The average molecular weight is 277 g/mol. The van der Waals surface area contributed by atoms with E-state index < -0.39 is 0 Å². The maximum absolute atomic E-state index is 6.09. The second kappa shape index (κ2) is 4.89. The number of fused-ring (bicyclic) bond motifs is 1. The molecule has 3 nitrogen and oxygen atoms in total. The molecule has 1 atom stereocenters. The molecule has 0 spiro atoms. The lowest BCUT2D eigenvalue weighted by atomic mass is 9.83. The van der Waals surface area contributed by atoms with Crippen LogP contribution in [0.2, 0.25) is 5.02 Å². The van der Waals surface area contributed by atoms with Crippen molar-refractivity contribution in [3.05, 3.63) is 46.1 Å². The van der Waals surface area contributed by atoms with Gasteiger partial charge in [0.1, 0.15) is 0 Å². The Morgan fingerprint density at radius 3 is 2.95 bits per heavy atom. The molecule has 1 unspecified atom stereocenters. The van der Waals surface area contributed by atoms with Gasteiger partial charge in [0.25, 0.3) is 0 Å². The van der Waals surface area contributed by atoms with E-state index in [2.05, 4.69) is 11.2 Å². The predicted octanol–water partition coefficient (Wildman–Crippen LogP) is 3.86. The summed E-state index contributed by atoms with van der Waals surface area (Å²) in [5.74, 6) is 1.20. The Morgan fingerprint density at radius 1 is 1.37 bits per heavy atom. The van der Waals surface area contributed by atoms with Crippen LogP contribution in [0.1, 0.15) is 35.6 Å². The highest BCUT2D eigenvalue weighted by molar-refractivity contribution is 6.30.